The maximum atomic E-state index is 12.0. The molecule has 17 heavy (non-hydrogen) atoms. The Bertz CT molecular complexity index is 300. The zero-order valence-corrected chi connectivity index (χ0v) is 10.4. The van der Waals surface area contributed by atoms with Crippen molar-refractivity contribution in [2.75, 3.05) is 33.2 Å². The summed E-state index contributed by atoms with van der Waals surface area (Å²) < 4.78 is 0. The highest BCUT2D eigenvalue weighted by atomic mass is 16.2. The molecule has 5 heteroatoms. The number of likely N-dealkylation sites (N-methyl/N-ethyl adjacent to an activating group) is 1. The number of rotatable bonds is 3. The standard InChI is InChI=1S/C12H21N3O2/c1-13-10-5-8-15(12(10)17)9-11(16)14-6-3-2-4-7-14/h10,13H,2-9H2,1H3/t10-/m0/s1. The van der Waals surface area contributed by atoms with Crippen LogP contribution in [0.15, 0.2) is 0 Å². The maximum Gasteiger partial charge on any atom is 0.242 e. The molecular formula is C12H21N3O2. The van der Waals surface area contributed by atoms with Gasteiger partial charge >= 0.3 is 0 Å². The van der Waals surface area contributed by atoms with Crippen LogP contribution in [0.2, 0.25) is 0 Å². The van der Waals surface area contributed by atoms with Crippen LogP contribution in [0.3, 0.4) is 0 Å². The number of carbonyl (C=O) groups is 2. The summed E-state index contributed by atoms with van der Waals surface area (Å²) in [6, 6.07) is -0.0934. The van der Waals surface area contributed by atoms with E-state index in [1.807, 2.05) is 4.90 Å². The highest BCUT2D eigenvalue weighted by Crippen LogP contribution is 2.13. The minimum absolute atomic E-state index is 0.0675. The lowest BCUT2D eigenvalue weighted by Gasteiger charge is -2.28. The van der Waals surface area contributed by atoms with Crippen molar-refractivity contribution in [3.8, 4) is 0 Å². The highest BCUT2D eigenvalue weighted by molar-refractivity contribution is 5.89. The molecular weight excluding hydrogens is 218 g/mol. The molecule has 0 unspecified atom stereocenters. The summed E-state index contributed by atoms with van der Waals surface area (Å²) in [5, 5.41) is 2.98. The molecule has 2 aliphatic rings. The van der Waals surface area contributed by atoms with Crippen LogP contribution < -0.4 is 5.32 Å². The van der Waals surface area contributed by atoms with Gasteiger partial charge in [-0.2, -0.15) is 0 Å². The number of hydrogen-bond donors (Lipinski definition) is 1. The number of piperidine rings is 1. The molecule has 2 amide bonds. The molecule has 0 spiro atoms. The Balaban J connectivity index is 1.84. The van der Waals surface area contributed by atoms with Gasteiger partial charge in [-0.3, -0.25) is 9.59 Å². The first-order valence-electron chi connectivity index (χ1n) is 6.46. The van der Waals surface area contributed by atoms with Crippen LogP contribution in [0.25, 0.3) is 0 Å². The quantitative estimate of drug-likeness (QED) is 0.743. The van der Waals surface area contributed by atoms with E-state index < -0.39 is 0 Å². The molecule has 2 fully saturated rings. The largest absolute Gasteiger partial charge is 0.341 e. The van der Waals surface area contributed by atoms with E-state index in [0.717, 1.165) is 32.4 Å². The van der Waals surface area contributed by atoms with E-state index in [2.05, 4.69) is 5.32 Å². The van der Waals surface area contributed by atoms with Gasteiger partial charge in [-0.15, -0.1) is 0 Å². The Morgan fingerprint density at radius 3 is 2.59 bits per heavy atom. The van der Waals surface area contributed by atoms with Gasteiger partial charge in [0.15, 0.2) is 0 Å². The van der Waals surface area contributed by atoms with Gasteiger partial charge in [0.05, 0.1) is 12.6 Å². The number of nitrogens with zero attached hydrogens (tertiary/aromatic N) is 2. The summed E-state index contributed by atoms with van der Waals surface area (Å²) in [4.78, 5) is 27.4. The maximum absolute atomic E-state index is 12.0. The molecule has 96 valence electrons. The van der Waals surface area contributed by atoms with Crippen LogP contribution in [-0.4, -0.2) is 60.9 Å². The molecule has 2 aliphatic heterocycles. The van der Waals surface area contributed by atoms with Crippen molar-refractivity contribution in [3.63, 3.8) is 0 Å². The smallest absolute Gasteiger partial charge is 0.242 e. The Hall–Kier alpha value is -1.10. The normalized spacial score (nSPS) is 25.5. The monoisotopic (exact) mass is 239 g/mol. The van der Waals surface area contributed by atoms with E-state index in [1.54, 1.807) is 11.9 Å². The predicted molar refractivity (Wildman–Crippen MR) is 64.5 cm³/mol. The number of amides is 2. The van der Waals surface area contributed by atoms with E-state index in [9.17, 15) is 9.59 Å². The van der Waals surface area contributed by atoms with E-state index in [1.165, 1.54) is 6.42 Å². The van der Waals surface area contributed by atoms with Crippen LogP contribution >= 0.6 is 0 Å². The topological polar surface area (TPSA) is 52.7 Å². The first-order chi connectivity index (χ1) is 8.22. The third-order valence-electron chi connectivity index (χ3n) is 3.68. The lowest BCUT2D eigenvalue weighted by atomic mass is 10.1. The van der Waals surface area contributed by atoms with Crippen molar-refractivity contribution >= 4 is 11.8 Å². The molecule has 0 aromatic rings. The Labute approximate surface area is 102 Å². The number of hydrogen-bond acceptors (Lipinski definition) is 3. The van der Waals surface area contributed by atoms with Crippen molar-refractivity contribution in [2.45, 2.75) is 31.7 Å². The number of likely N-dealkylation sites (tertiary alicyclic amines) is 2. The summed E-state index contributed by atoms with van der Waals surface area (Å²) in [7, 11) is 1.79. The average Bonchev–Trinajstić information content (AvgIpc) is 2.71. The van der Waals surface area contributed by atoms with Gasteiger partial charge < -0.3 is 15.1 Å². The molecule has 2 heterocycles. The lowest BCUT2D eigenvalue weighted by Crippen LogP contribution is -2.45. The molecule has 0 radical (unpaired) electrons. The second-order valence-corrected chi connectivity index (χ2v) is 4.83. The summed E-state index contributed by atoms with van der Waals surface area (Å²) >= 11 is 0. The Morgan fingerprint density at radius 2 is 2.00 bits per heavy atom. The number of carbonyl (C=O) groups excluding carboxylic acids is 2. The second kappa shape index (κ2) is 5.49. The van der Waals surface area contributed by atoms with Gasteiger partial charge in [-0.05, 0) is 32.7 Å². The van der Waals surface area contributed by atoms with Crippen molar-refractivity contribution in [2.24, 2.45) is 0 Å². The summed E-state index contributed by atoms with van der Waals surface area (Å²) in [5.41, 5.74) is 0. The minimum Gasteiger partial charge on any atom is -0.341 e. The van der Waals surface area contributed by atoms with Crippen LogP contribution in [0.5, 0.6) is 0 Å². The van der Waals surface area contributed by atoms with E-state index in [0.29, 0.717) is 6.54 Å². The minimum atomic E-state index is -0.0934. The zero-order chi connectivity index (χ0) is 12.3. The van der Waals surface area contributed by atoms with Crippen molar-refractivity contribution in [3.05, 3.63) is 0 Å². The zero-order valence-electron chi connectivity index (χ0n) is 10.4. The van der Waals surface area contributed by atoms with E-state index in [-0.39, 0.29) is 24.4 Å². The summed E-state index contributed by atoms with van der Waals surface area (Å²) in [6.07, 6.45) is 4.22. The van der Waals surface area contributed by atoms with Crippen LogP contribution in [0, 0.1) is 0 Å². The van der Waals surface area contributed by atoms with Gasteiger partial charge in [-0.1, -0.05) is 0 Å². The van der Waals surface area contributed by atoms with Gasteiger partial charge in [0.1, 0.15) is 0 Å². The number of nitrogens with one attached hydrogen (secondary N) is 1. The molecule has 1 atom stereocenters. The lowest BCUT2D eigenvalue weighted by molar-refractivity contribution is -0.139. The molecule has 0 aliphatic carbocycles. The molecule has 0 bridgehead atoms. The molecule has 0 aromatic carbocycles. The van der Waals surface area contributed by atoms with E-state index >= 15 is 0 Å². The molecule has 2 rings (SSSR count). The third kappa shape index (κ3) is 2.77. The first kappa shape index (κ1) is 12.4. The van der Waals surface area contributed by atoms with Crippen molar-refractivity contribution in [1.82, 2.24) is 15.1 Å². The molecule has 0 saturated carbocycles. The van der Waals surface area contributed by atoms with Gasteiger partial charge in [0.2, 0.25) is 11.8 Å². The van der Waals surface area contributed by atoms with Crippen LogP contribution in [-0.2, 0) is 9.59 Å². The van der Waals surface area contributed by atoms with Crippen molar-refractivity contribution in [1.29, 1.82) is 0 Å². The third-order valence-corrected chi connectivity index (χ3v) is 3.68. The Morgan fingerprint density at radius 1 is 1.29 bits per heavy atom. The summed E-state index contributed by atoms with van der Waals surface area (Å²) in [6.45, 7) is 2.67. The molecule has 1 N–H and O–H groups in total. The molecule has 0 aromatic heterocycles. The first-order valence-corrected chi connectivity index (χ1v) is 6.46. The van der Waals surface area contributed by atoms with Crippen molar-refractivity contribution < 1.29 is 9.59 Å². The van der Waals surface area contributed by atoms with Gasteiger partial charge in [0.25, 0.3) is 0 Å². The fourth-order valence-electron chi connectivity index (χ4n) is 2.57. The fraction of sp³-hybridized carbons (Fsp3) is 0.833. The molecule has 5 nitrogen and oxygen atoms in total. The summed E-state index contributed by atoms with van der Waals surface area (Å²) in [5.74, 6) is 0.174. The van der Waals surface area contributed by atoms with Crippen LogP contribution in [0.4, 0.5) is 0 Å². The van der Waals surface area contributed by atoms with Crippen LogP contribution in [0.1, 0.15) is 25.7 Å². The SMILES string of the molecule is CN[C@H]1CCN(CC(=O)N2CCCCC2)C1=O. The molecule has 2 saturated heterocycles. The average molecular weight is 239 g/mol. The van der Waals surface area contributed by atoms with Gasteiger partial charge in [-0.25, -0.2) is 0 Å². The van der Waals surface area contributed by atoms with Gasteiger partial charge in [0, 0.05) is 19.6 Å². The Kier molecular flexibility index (Phi) is 3.99. The second-order valence-electron chi connectivity index (χ2n) is 4.83. The fourth-order valence-corrected chi connectivity index (χ4v) is 2.57. The van der Waals surface area contributed by atoms with E-state index in [4.69, 9.17) is 0 Å². The predicted octanol–water partition coefficient (Wildman–Crippen LogP) is -0.181. The highest BCUT2D eigenvalue weighted by Gasteiger charge is 2.32.